The summed E-state index contributed by atoms with van der Waals surface area (Å²) in [7, 11) is 0. The monoisotopic (exact) mass is 422 g/mol. The first-order valence-corrected chi connectivity index (χ1v) is 11.0. The topological polar surface area (TPSA) is 49.9 Å². The molecule has 1 fully saturated rings. The molecule has 1 saturated heterocycles. The lowest BCUT2D eigenvalue weighted by Gasteiger charge is -2.25. The zero-order valence-electron chi connectivity index (χ0n) is 19.4. The highest BCUT2D eigenvalue weighted by atomic mass is 16.5. The van der Waals surface area contributed by atoms with Gasteiger partial charge in [0.25, 0.3) is 11.8 Å². The van der Waals surface area contributed by atoms with E-state index in [-0.39, 0.29) is 23.8 Å². The number of ether oxygens (including phenoxy) is 1. The van der Waals surface area contributed by atoms with Crippen molar-refractivity contribution in [2.45, 2.75) is 46.5 Å². The number of hydrogen-bond acceptors (Lipinski definition) is 3. The second-order valence-electron chi connectivity index (χ2n) is 9.43. The van der Waals surface area contributed by atoms with Crippen LogP contribution < -0.4 is 4.74 Å². The molecule has 0 atom stereocenters. The number of nitrogens with zero attached hydrogens (tertiary/aromatic N) is 2. The minimum Gasteiger partial charge on any atom is -0.483 e. The molecule has 0 aliphatic carbocycles. The van der Waals surface area contributed by atoms with Crippen molar-refractivity contribution in [3.63, 3.8) is 0 Å². The van der Waals surface area contributed by atoms with Gasteiger partial charge in [-0.3, -0.25) is 9.59 Å². The molecule has 0 spiro atoms. The van der Waals surface area contributed by atoms with E-state index in [1.807, 2.05) is 53.1 Å². The predicted molar refractivity (Wildman–Crippen MR) is 124 cm³/mol. The van der Waals surface area contributed by atoms with Crippen LogP contribution in [0, 0.1) is 13.8 Å². The molecule has 5 nitrogen and oxygen atoms in total. The summed E-state index contributed by atoms with van der Waals surface area (Å²) in [5.41, 5.74) is 4.04. The highest BCUT2D eigenvalue weighted by Gasteiger charge is 2.24. The van der Waals surface area contributed by atoms with Crippen molar-refractivity contribution in [1.82, 2.24) is 9.80 Å². The minimum atomic E-state index is -0.0656. The summed E-state index contributed by atoms with van der Waals surface area (Å²) in [5.74, 6) is 0.752. The molecule has 1 heterocycles. The normalized spacial score (nSPS) is 14.9. The highest BCUT2D eigenvalue weighted by molar-refractivity contribution is 5.94. The maximum atomic E-state index is 12.8. The van der Waals surface area contributed by atoms with Crippen molar-refractivity contribution in [2.24, 2.45) is 0 Å². The van der Waals surface area contributed by atoms with E-state index >= 15 is 0 Å². The van der Waals surface area contributed by atoms with Gasteiger partial charge in [-0.05, 0) is 49.4 Å². The molecule has 0 unspecified atom stereocenters. The van der Waals surface area contributed by atoms with Gasteiger partial charge < -0.3 is 14.5 Å². The van der Waals surface area contributed by atoms with Gasteiger partial charge in [0.15, 0.2) is 6.61 Å². The van der Waals surface area contributed by atoms with Crippen LogP contribution in [0.5, 0.6) is 5.75 Å². The Kier molecular flexibility index (Phi) is 7.04. The van der Waals surface area contributed by atoms with Crippen molar-refractivity contribution >= 4 is 11.8 Å². The second kappa shape index (κ2) is 9.54. The van der Waals surface area contributed by atoms with Gasteiger partial charge in [-0.1, -0.05) is 56.2 Å². The quantitative estimate of drug-likeness (QED) is 0.736. The van der Waals surface area contributed by atoms with Crippen molar-refractivity contribution in [3.05, 3.63) is 64.7 Å². The van der Waals surface area contributed by atoms with Crippen LogP contribution >= 0.6 is 0 Å². The Bertz CT molecular complexity index is 929. The molecule has 1 aliphatic heterocycles. The van der Waals surface area contributed by atoms with E-state index in [0.717, 1.165) is 23.3 Å². The summed E-state index contributed by atoms with van der Waals surface area (Å²) in [5, 5.41) is 0. The van der Waals surface area contributed by atoms with Gasteiger partial charge in [0.1, 0.15) is 5.75 Å². The molecule has 3 rings (SSSR count). The summed E-state index contributed by atoms with van der Waals surface area (Å²) in [4.78, 5) is 29.3. The van der Waals surface area contributed by atoms with E-state index in [1.54, 1.807) is 0 Å². The summed E-state index contributed by atoms with van der Waals surface area (Å²) >= 11 is 0. The van der Waals surface area contributed by atoms with E-state index in [0.29, 0.717) is 31.7 Å². The van der Waals surface area contributed by atoms with Crippen molar-refractivity contribution in [3.8, 4) is 5.75 Å². The van der Waals surface area contributed by atoms with Gasteiger partial charge in [0.2, 0.25) is 0 Å². The summed E-state index contributed by atoms with van der Waals surface area (Å²) in [6.45, 7) is 12.9. The van der Waals surface area contributed by atoms with Crippen LogP contribution in [0.25, 0.3) is 0 Å². The van der Waals surface area contributed by atoms with E-state index in [4.69, 9.17) is 4.74 Å². The van der Waals surface area contributed by atoms with Gasteiger partial charge >= 0.3 is 0 Å². The molecule has 2 aromatic rings. The van der Waals surface area contributed by atoms with Crippen molar-refractivity contribution in [2.75, 3.05) is 32.8 Å². The van der Waals surface area contributed by atoms with Gasteiger partial charge in [-0.2, -0.15) is 0 Å². The Hall–Kier alpha value is -2.82. The maximum Gasteiger partial charge on any atom is 0.260 e. The zero-order chi connectivity index (χ0) is 22.6. The number of rotatable bonds is 4. The SMILES string of the molecule is Cc1ccc(C(=O)N2CCCN(C(=O)COc3ccc(C)cc3C(C)(C)C)CC2)cc1. The lowest BCUT2D eigenvalue weighted by Crippen LogP contribution is -2.39. The predicted octanol–water partition coefficient (Wildman–Crippen LogP) is 4.35. The fraction of sp³-hybridized carbons (Fsp3) is 0.462. The van der Waals surface area contributed by atoms with Crippen LogP contribution in [-0.4, -0.2) is 54.4 Å². The molecule has 1 aliphatic rings. The van der Waals surface area contributed by atoms with Crippen molar-refractivity contribution < 1.29 is 14.3 Å². The number of aryl methyl sites for hydroxylation is 2. The van der Waals surface area contributed by atoms with E-state index in [1.165, 1.54) is 5.56 Å². The fourth-order valence-corrected chi connectivity index (χ4v) is 3.84. The Morgan fingerprint density at radius 3 is 2.16 bits per heavy atom. The first-order valence-electron chi connectivity index (χ1n) is 11.0. The number of carbonyl (C=O) groups is 2. The average molecular weight is 423 g/mol. The third kappa shape index (κ3) is 5.87. The molecule has 0 aromatic heterocycles. The molecule has 31 heavy (non-hydrogen) atoms. The van der Waals surface area contributed by atoms with E-state index < -0.39 is 0 Å². The number of hydrogen-bond donors (Lipinski definition) is 0. The number of carbonyl (C=O) groups excluding carboxylic acids is 2. The molecule has 2 amide bonds. The fourth-order valence-electron chi connectivity index (χ4n) is 3.84. The molecule has 0 saturated carbocycles. The Morgan fingerprint density at radius 2 is 1.48 bits per heavy atom. The summed E-state index contributed by atoms with van der Waals surface area (Å²) < 4.78 is 5.96. The highest BCUT2D eigenvalue weighted by Crippen LogP contribution is 2.32. The lowest BCUT2D eigenvalue weighted by atomic mass is 9.85. The van der Waals surface area contributed by atoms with E-state index in [2.05, 4.69) is 33.8 Å². The molecular formula is C26H34N2O3. The molecule has 0 bridgehead atoms. The third-order valence-electron chi connectivity index (χ3n) is 5.73. The van der Waals surface area contributed by atoms with E-state index in [9.17, 15) is 9.59 Å². The van der Waals surface area contributed by atoms with Gasteiger partial charge in [-0.25, -0.2) is 0 Å². The molecule has 166 valence electrons. The summed E-state index contributed by atoms with van der Waals surface area (Å²) in [6.07, 6.45) is 0.765. The van der Waals surface area contributed by atoms with Gasteiger partial charge in [-0.15, -0.1) is 0 Å². The molecule has 5 heteroatoms. The maximum absolute atomic E-state index is 12.8. The van der Waals surface area contributed by atoms with Crippen LogP contribution in [0.1, 0.15) is 54.2 Å². The zero-order valence-corrected chi connectivity index (χ0v) is 19.4. The Balaban J connectivity index is 1.59. The first kappa shape index (κ1) is 22.9. The smallest absolute Gasteiger partial charge is 0.260 e. The molecule has 2 aromatic carbocycles. The second-order valence-corrected chi connectivity index (χ2v) is 9.43. The minimum absolute atomic E-state index is 0.0120. The van der Waals surface area contributed by atoms with Crippen molar-refractivity contribution in [1.29, 1.82) is 0 Å². The number of amides is 2. The molecule has 0 N–H and O–H groups in total. The largest absolute Gasteiger partial charge is 0.483 e. The van der Waals surface area contributed by atoms with Crippen LogP contribution in [0.2, 0.25) is 0 Å². The van der Waals surface area contributed by atoms with Gasteiger partial charge in [0, 0.05) is 31.7 Å². The summed E-state index contributed by atoms with van der Waals surface area (Å²) in [6, 6.07) is 13.7. The number of benzene rings is 2. The molecular weight excluding hydrogens is 388 g/mol. The van der Waals surface area contributed by atoms with Crippen LogP contribution in [-0.2, 0) is 10.2 Å². The molecule has 0 radical (unpaired) electrons. The van der Waals surface area contributed by atoms with Crippen LogP contribution in [0.4, 0.5) is 0 Å². The van der Waals surface area contributed by atoms with Crippen LogP contribution in [0.15, 0.2) is 42.5 Å². The Morgan fingerprint density at radius 1 is 0.871 bits per heavy atom. The average Bonchev–Trinajstić information content (AvgIpc) is 2.98. The third-order valence-corrected chi connectivity index (χ3v) is 5.73. The lowest BCUT2D eigenvalue weighted by molar-refractivity contribution is -0.133. The Labute approximate surface area is 186 Å². The first-order chi connectivity index (χ1) is 14.6. The van der Waals surface area contributed by atoms with Crippen LogP contribution in [0.3, 0.4) is 0 Å². The standard InChI is InChI=1S/C26H34N2O3/c1-19-7-10-21(11-8-19)25(30)28-14-6-13-27(15-16-28)24(29)18-31-23-12-9-20(2)17-22(23)26(3,4)5/h7-12,17H,6,13-16,18H2,1-5H3. The van der Waals surface area contributed by atoms with Gasteiger partial charge in [0.05, 0.1) is 0 Å².